The molecule has 0 aromatic heterocycles. The van der Waals surface area contributed by atoms with Crippen LogP contribution in [0.2, 0.25) is 0 Å². The summed E-state index contributed by atoms with van der Waals surface area (Å²) in [6.07, 6.45) is -0.985. The van der Waals surface area contributed by atoms with Gasteiger partial charge in [0.1, 0.15) is 0 Å². The van der Waals surface area contributed by atoms with Gasteiger partial charge in [0.25, 0.3) is 0 Å². The molecular formula is C9H10N2O4S. The van der Waals surface area contributed by atoms with E-state index in [-0.39, 0.29) is 6.54 Å². The van der Waals surface area contributed by atoms with Gasteiger partial charge in [0, 0.05) is 6.54 Å². The summed E-state index contributed by atoms with van der Waals surface area (Å²) in [7, 11) is -3.99. The van der Waals surface area contributed by atoms with Crippen LogP contribution in [0.15, 0.2) is 24.3 Å². The van der Waals surface area contributed by atoms with Crippen molar-refractivity contribution in [3.8, 4) is 0 Å². The van der Waals surface area contributed by atoms with Gasteiger partial charge in [-0.1, -0.05) is 18.2 Å². The van der Waals surface area contributed by atoms with Gasteiger partial charge in [-0.15, -0.1) is 0 Å². The van der Waals surface area contributed by atoms with Gasteiger partial charge in [0.05, 0.1) is 5.69 Å². The molecule has 0 bridgehead atoms. The van der Waals surface area contributed by atoms with Crippen molar-refractivity contribution >= 4 is 22.0 Å². The van der Waals surface area contributed by atoms with E-state index in [1.165, 1.54) is 4.72 Å². The number of amides is 1. The zero-order chi connectivity index (χ0) is 11.8. The second-order valence-corrected chi connectivity index (χ2v) is 4.96. The number of hydrogen-bond donors (Lipinski definition) is 2. The van der Waals surface area contributed by atoms with Crippen LogP contribution in [0, 0.1) is 0 Å². The molecule has 0 aliphatic carbocycles. The molecule has 0 fully saturated rings. The fourth-order valence-corrected chi connectivity index (χ4v) is 2.82. The molecule has 7 heteroatoms. The maximum Gasteiger partial charge on any atom is 0.419 e. The van der Waals surface area contributed by atoms with Gasteiger partial charge in [-0.05, 0) is 18.1 Å². The van der Waals surface area contributed by atoms with Gasteiger partial charge in [0.2, 0.25) is 0 Å². The smallest absolute Gasteiger partial charge is 0.419 e. The molecule has 1 heterocycles. The van der Waals surface area contributed by atoms with Crippen LogP contribution in [0.4, 0.5) is 10.5 Å². The molecule has 0 saturated carbocycles. The Morgan fingerprint density at radius 3 is 2.75 bits per heavy atom. The third-order valence-corrected chi connectivity index (χ3v) is 3.74. The average Bonchev–Trinajstić information content (AvgIpc) is 2.59. The molecule has 0 saturated heterocycles. The molecule has 1 aliphatic rings. The molecule has 6 nitrogen and oxygen atoms in total. The number of nitrogens with one attached hydrogen (secondary N) is 1. The second kappa shape index (κ2) is 3.67. The highest BCUT2D eigenvalue weighted by Crippen LogP contribution is 2.29. The van der Waals surface area contributed by atoms with Crippen molar-refractivity contribution in [2.24, 2.45) is 0 Å². The Balaban J connectivity index is 2.35. The number of carbonyl (C=O) groups is 1. The van der Waals surface area contributed by atoms with E-state index in [1.54, 1.807) is 12.1 Å². The largest absolute Gasteiger partial charge is 0.464 e. The van der Waals surface area contributed by atoms with Crippen molar-refractivity contribution in [3.05, 3.63) is 29.8 Å². The fraction of sp³-hybridized carbons (Fsp3) is 0.222. The van der Waals surface area contributed by atoms with Crippen LogP contribution in [0.3, 0.4) is 0 Å². The minimum absolute atomic E-state index is 0.266. The zero-order valence-electron chi connectivity index (χ0n) is 8.25. The van der Waals surface area contributed by atoms with Crippen LogP contribution < -0.4 is 9.03 Å². The number of benzene rings is 1. The molecule has 0 atom stereocenters. The second-order valence-electron chi connectivity index (χ2n) is 3.36. The quantitative estimate of drug-likeness (QED) is 0.793. The number of hydrogen-bond acceptors (Lipinski definition) is 3. The molecule has 0 spiro atoms. The maximum absolute atomic E-state index is 11.6. The number of fused-ring (bicyclic) bond motifs is 1. The average molecular weight is 242 g/mol. The number of rotatable bonds is 2. The summed E-state index contributed by atoms with van der Waals surface area (Å²) in [5.41, 5.74) is 1.44. The first kappa shape index (κ1) is 10.7. The van der Waals surface area contributed by atoms with Gasteiger partial charge in [-0.25, -0.2) is 9.52 Å². The van der Waals surface area contributed by atoms with Crippen molar-refractivity contribution < 1.29 is 18.3 Å². The molecule has 1 amide bonds. The van der Waals surface area contributed by atoms with Gasteiger partial charge in [-0.3, -0.25) is 4.31 Å². The summed E-state index contributed by atoms with van der Waals surface area (Å²) >= 11 is 0. The summed E-state index contributed by atoms with van der Waals surface area (Å²) in [5, 5.41) is 8.44. The Hall–Kier alpha value is -1.76. The van der Waals surface area contributed by atoms with E-state index in [2.05, 4.69) is 0 Å². The molecule has 1 aromatic rings. The minimum Gasteiger partial charge on any atom is -0.464 e. The predicted octanol–water partition coefficient (Wildman–Crippen LogP) is 0.562. The number of carboxylic acid groups (broad SMARTS) is 1. The van der Waals surface area contributed by atoms with E-state index < -0.39 is 16.3 Å². The van der Waals surface area contributed by atoms with Crippen molar-refractivity contribution in [2.75, 3.05) is 10.8 Å². The SMILES string of the molecule is O=C(O)NS(=O)(=O)N1CCc2ccccc21. The van der Waals surface area contributed by atoms with Crippen LogP contribution in [0.5, 0.6) is 0 Å². The molecule has 1 aromatic carbocycles. The maximum atomic E-state index is 11.6. The van der Waals surface area contributed by atoms with E-state index in [9.17, 15) is 13.2 Å². The van der Waals surface area contributed by atoms with Crippen LogP contribution in [-0.2, 0) is 16.6 Å². The van der Waals surface area contributed by atoms with Gasteiger partial charge in [-0.2, -0.15) is 8.42 Å². The van der Waals surface area contributed by atoms with E-state index >= 15 is 0 Å². The van der Waals surface area contributed by atoms with Crippen LogP contribution in [0.25, 0.3) is 0 Å². The number of nitrogens with zero attached hydrogens (tertiary/aromatic N) is 1. The molecule has 2 N–H and O–H groups in total. The normalized spacial score (nSPS) is 14.6. The lowest BCUT2D eigenvalue weighted by Crippen LogP contribution is -2.42. The first-order valence-corrected chi connectivity index (χ1v) is 6.06. The van der Waals surface area contributed by atoms with Crippen molar-refractivity contribution in [2.45, 2.75) is 6.42 Å². The summed E-state index contributed by atoms with van der Waals surface area (Å²) in [6, 6.07) is 7.02. The monoisotopic (exact) mass is 242 g/mol. The fourth-order valence-electron chi connectivity index (χ4n) is 1.72. The van der Waals surface area contributed by atoms with E-state index in [0.29, 0.717) is 12.1 Å². The molecule has 0 unspecified atom stereocenters. The van der Waals surface area contributed by atoms with Gasteiger partial charge >= 0.3 is 16.3 Å². The highest BCUT2D eigenvalue weighted by atomic mass is 32.2. The first-order chi connectivity index (χ1) is 7.50. The Labute approximate surface area is 92.7 Å². The standard InChI is InChI=1S/C9H10N2O4S/c12-9(13)10-16(14,15)11-6-5-7-3-1-2-4-8(7)11/h1-4,10H,5-6H2,(H,12,13). The van der Waals surface area contributed by atoms with Crippen molar-refractivity contribution in [1.29, 1.82) is 0 Å². The summed E-state index contributed by atoms with van der Waals surface area (Å²) in [4.78, 5) is 10.4. The Morgan fingerprint density at radius 1 is 1.38 bits per heavy atom. The number of para-hydroxylation sites is 1. The Bertz CT molecular complexity index is 526. The van der Waals surface area contributed by atoms with E-state index in [1.807, 2.05) is 12.1 Å². The van der Waals surface area contributed by atoms with E-state index in [4.69, 9.17) is 5.11 Å². The topological polar surface area (TPSA) is 86.7 Å². The van der Waals surface area contributed by atoms with Crippen LogP contribution in [-0.4, -0.2) is 26.2 Å². The van der Waals surface area contributed by atoms with Gasteiger partial charge in [0.15, 0.2) is 0 Å². The van der Waals surface area contributed by atoms with Crippen molar-refractivity contribution in [1.82, 2.24) is 4.72 Å². The molecule has 0 radical (unpaired) electrons. The highest BCUT2D eigenvalue weighted by molar-refractivity contribution is 7.91. The molecule has 2 rings (SSSR count). The molecule has 86 valence electrons. The third-order valence-electron chi connectivity index (χ3n) is 2.35. The Kier molecular flexibility index (Phi) is 2.47. The Morgan fingerprint density at radius 2 is 2.06 bits per heavy atom. The van der Waals surface area contributed by atoms with Crippen LogP contribution >= 0.6 is 0 Å². The molecule has 16 heavy (non-hydrogen) atoms. The zero-order valence-corrected chi connectivity index (χ0v) is 9.07. The third kappa shape index (κ3) is 1.81. The summed E-state index contributed by atoms with van der Waals surface area (Å²) in [6.45, 7) is 0.266. The number of anilines is 1. The lowest BCUT2D eigenvalue weighted by molar-refractivity contribution is 0.201. The minimum atomic E-state index is -3.99. The first-order valence-electron chi connectivity index (χ1n) is 4.62. The molecular weight excluding hydrogens is 232 g/mol. The van der Waals surface area contributed by atoms with Crippen LogP contribution in [0.1, 0.15) is 5.56 Å². The summed E-state index contributed by atoms with van der Waals surface area (Å²) < 4.78 is 25.9. The predicted molar refractivity (Wildman–Crippen MR) is 57.6 cm³/mol. The molecule has 1 aliphatic heterocycles. The highest BCUT2D eigenvalue weighted by Gasteiger charge is 2.30. The van der Waals surface area contributed by atoms with Crippen molar-refractivity contribution in [3.63, 3.8) is 0 Å². The lowest BCUT2D eigenvalue weighted by atomic mass is 10.2. The van der Waals surface area contributed by atoms with E-state index in [0.717, 1.165) is 9.87 Å². The lowest BCUT2D eigenvalue weighted by Gasteiger charge is -2.18. The summed E-state index contributed by atoms with van der Waals surface area (Å²) in [5.74, 6) is 0. The van der Waals surface area contributed by atoms with Gasteiger partial charge < -0.3 is 5.11 Å².